The van der Waals surface area contributed by atoms with Crippen LogP contribution in [0.25, 0.3) is 0 Å². The first kappa shape index (κ1) is 13.1. The standard InChI is InChI=1S/C10H14O.Cs.H/c1-10(2,3)8-4-6-9(11)7-5-8;;/h4-7,11H,1-3H3;;. The molecule has 0 aliphatic rings. The zero-order valence-corrected chi connectivity index (χ0v) is 7.26. The Morgan fingerprint density at radius 1 is 1.00 bits per heavy atom. The van der Waals surface area contributed by atoms with Crippen LogP contribution in [0.5, 0.6) is 5.75 Å². The molecule has 0 aromatic heterocycles. The minimum atomic E-state index is 0. The van der Waals surface area contributed by atoms with E-state index < -0.39 is 0 Å². The fraction of sp³-hybridized carbons (Fsp3) is 0.400. The Balaban J connectivity index is 0.00000121. The molecule has 0 heterocycles. The molecule has 0 fully saturated rings. The van der Waals surface area contributed by atoms with Crippen molar-refractivity contribution in [1.82, 2.24) is 0 Å². The van der Waals surface area contributed by atoms with Gasteiger partial charge in [-0.1, -0.05) is 32.9 Å². The molecule has 1 aromatic carbocycles. The third kappa shape index (κ3) is 3.85. The quantitative estimate of drug-likeness (QED) is 0.773. The van der Waals surface area contributed by atoms with Crippen LogP contribution in [0.3, 0.4) is 0 Å². The molecule has 1 nitrogen and oxygen atoms in total. The molecule has 0 bridgehead atoms. The van der Waals surface area contributed by atoms with Crippen molar-refractivity contribution in [2.24, 2.45) is 0 Å². The predicted molar refractivity (Wildman–Crippen MR) is 54.0 cm³/mol. The normalized spacial score (nSPS) is 10.6. The van der Waals surface area contributed by atoms with E-state index in [2.05, 4.69) is 20.8 Å². The van der Waals surface area contributed by atoms with Crippen LogP contribution in [-0.2, 0) is 5.41 Å². The fourth-order valence-electron chi connectivity index (χ4n) is 0.961. The van der Waals surface area contributed by atoms with Gasteiger partial charge in [0.1, 0.15) is 5.75 Å². The van der Waals surface area contributed by atoms with E-state index in [1.807, 2.05) is 12.1 Å². The summed E-state index contributed by atoms with van der Waals surface area (Å²) >= 11 is 0. The Labute approximate surface area is 133 Å². The van der Waals surface area contributed by atoms with Crippen LogP contribution < -0.4 is 0 Å². The molecule has 0 aliphatic heterocycles. The van der Waals surface area contributed by atoms with Crippen LogP contribution in [-0.4, -0.2) is 74.0 Å². The molecule has 1 rings (SSSR count). The van der Waals surface area contributed by atoms with Gasteiger partial charge >= 0.3 is 68.9 Å². The molecular formula is C10H15CsO. The zero-order valence-electron chi connectivity index (χ0n) is 7.26. The van der Waals surface area contributed by atoms with Crippen LogP contribution in [0.4, 0.5) is 0 Å². The van der Waals surface area contributed by atoms with Crippen LogP contribution in [0, 0.1) is 0 Å². The van der Waals surface area contributed by atoms with Crippen molar-refractivity contribution in [2.45, 2.75) is 26.2 Å². The predicted octanol–water partition coefficient (Wildman–Crippen LogP) is 2.04. The van der Waals surface area contributed by atoms with Crippen LogP contribution in [0.1, 0.15) is 26.3 Å². The Hall–Kier alpha value is 1.07. The average molecular weight is 284 g/mol. The SMILES string of the molecule is CC(C)(C)c1ccc(O)cc1.[CsH]. The van der Waals surface area contributed by atoms with E-state index in [0.717, 1.165) is 0 Å². The molecule has 0 amide bonds. The summed E-state index contributed by atoms with van der Waals surface area (Å²) in [5.74, 6) is 0.331. The van der Waals surface area contributed by atoms with Crippen molar-refractivity contribution < 1.29 is 5.11 Å². The van der Waals surface area contributed by atoms with Gasteiger partial charge in [0, 0.05) is 0 Å². The first-order valence-electron chi connectivity index (χ1n) is 3.79. The number of benzene rings is 1. The third-order valence-corrected chi connectivity index (χ3v) is 1.73. The maximum absolute atomic E-state index is 9.02. The fourth-order valence-corrected chi connectivity index (χ4v) is 0.961. The maximum atomic E-state index is 9.02. The van der Waals surface area contributed by atoms with Gasteiger partial charge in [-0.2, -0.15) is 0 Å². The molecule has 1 aromatic rings. The summed E-state index contributed by atoms with van der Waals surface area (Å²) in [6.07, 6.45) is 0. The molecule has 0 spiro atoms. The summed E-state index contributed by atoms with van der Waals surface area (Å²) in [7, 11) is 0. The Bertz CT molecular complexity index is 233. The van der Waals surface area contributed by atoms with Crippen LogP contribution >= 0.6 is 0 Å². The second-order valence-corrected chi connectivity index (χ2v) is 3.80. The number of phenols is 1. The summed E-state index contributed by atoms with van der Waals surface area (Å²) in [5.41, 5.74) is 1.42. The summed E-state index contributed by atoms with van der Waals surface area (Å²) in [6, 6.07) is 7.35. The Morgan fingerprint density at radius 3 is 1.75 bits per heavy atom. The van der Waals surface area contributed by atoms with Gasteiger partial charge in [0.05, 0.1) is 0 Å². The van der Waals surface area contributed by atoms with E-state index in [-0.39, 0.29) is 74.3 Å². The summed E-state index contributed by atoms with van der Waals surface area (Å²) < 4.78 is 0. The summed E-state index contributed by atoms with van der Waals surface area (Å²) in [4.78, 5) is 0. The second-order valence-electron chi connectivity index (χ2n) is 3.80. The van der Waals surface area contributed by atoms with Gasteiger partial charge in [0.15, 0.2) is 0 Å². The zero-order chi connectivity index (χ0) is 8.48. The van der Waals surface area contributed by atoms with Gasteiger partial charge in [-0.3, -0.25) is 0 Å². The van der Waals surface area contributed by atoms with E-state index in [0.29, 0.717) is 5.75 Å². The van der Waals surface area contributed by atoms with Gasteiger partial charge in [-0.25, -0.2) is 0 Å². The average Bonchev–Trinajstić information content (AvgIpc) is 1.86. The van der Waals surface area contributed by atoms with Crippen LogP contribution in [0.2, 0.25) is 0 Å². The van der Waals surface area contributed by atoms with Crippen LogP contribution in [0.15, 0.2) is 24.3 Å². The van der Waals surface area contributed by atoms with E-state index >= 15 is 0 Å². The molecule has 62 valence electrons. The van der Waals surface area contributed by atoms with Crippen molar-refractivity contribution in [3.8, 4) is 5.75 Å². The molecule has 0 radical (unpaired) electrons. The first-order valence-corrected chi connectivity index (χ1v) is 3.79. The van der Waals surface area contributed by atoms with Crippen molar-refractivity contribution in [3.63, 3.8) is 0 Å². The molecule has 0 atom stereocenters. The monoisotopic (exact) mass is 284 g/mol. The van der Waals surface area contributed by atoms with Gasteiger partial charge in [-0.15, -0.1) is 0 Å². The van der Waals surface area contributed by atoms with Gasteiger partial charge in [-0.05, 0) is 23.1 Å². The van der Waals surface area contributed by atoms with Gasteiger partial charge in [0.25, 0.3) is 0 Å². The Kier molecular flexibility index (Phi) is 5.53. The van der Waals surface area contributed by atoms with Crippen molar-refractivity contribution >= 4 is 68.9 Å². The topological polar surface area (TPSA) is 20.2 Å². The van der Waals surface area contributed by atoms with E-state index in [9.17, 15) is 0 Å². The number of hydrogen-bond acceptors (Lipinski definition) is 1. The summed E-state index contributed by atoms with van der Waals surface area (Å²) in [6.45, 7) is 6.46. The minimum absolute atomic E-state index is 0. The number of aromatic hydroxyl groups is 1. The number of phenolic OH excluding ortho intramolecular Hbond substituents is 1. The molecule has 1 N–H and O–H groups in total. The number of hydrogen-bond donors (Lipinski definition) is 1. The first-order chi connectivity index (χ1) is 5.00. The molecule has 2 heteroatoms. The van der Waals surface area contributed by atoms with Crippen molar-refractivity contribution in [3.05, 3.63) is 29.8 Å². The third-order valence-electron chi connectivity index (χ3n) is 1.73. The Morgan fingerprint density at radius 2 is 1.42 bits per heavy atom. The molecule has 12 heavy (non-hydrogen) atoms. The van der Waals surface area contributed by atoms with E-state index in [1.54, 1.807) is 12.1 Å². The molecular weight excluding hydrogens is 269 g/mol. The molecule has 0 unspecified atom stereocenters. The van der Waals surface area contributed by atoms with E-state index in [4.69, 9.17) is 5.11 Å². The van der Waals surface area contributed by atoms with Gasteiger partial charge in [0.2, 0.25) is 0 Å². The van der Waals surface area contributed by atoms with Gasteiger partial charge < -0.3 is 5.11 Å². The molecule has 0 aliphatic carbocycles. The van der Waals surface area contributed by atoms with E-state index in [1.165, 1.54) is 5.56 Å². The summed E-state index contributed by atoms with van der Waals surface area (Å²) in [5, 5.41) is 9.02. The van der Waals surface area contributed by atoms with Crippen molar-refractivity contribution in [1.29, 1.82) is 0 Å². The molecule has 0 saturated carbocycles. The van der Waals surface area contributed by atoms with Crippen molar-refractivity contribution in [2.75, 3.05) is 0 Å². The molecule has 0 saturated heterocycles. The second kappa shape index (κ2) is 5.08. The number of rotatable bonds is 0.